The van der Waals surface area contributed by atoms with Crippen LogP contribution in [0.3, 0.4) is 0 Å². The number of halogens is 1. The zero-order chi connectivity index (χ0) is 35.4. The lowest BCUT2D eigenvalue weighted by Gasteiger charge is -2.42. The predicted molar refractivity (Wildman–Crippen MR) is 196 cm³/mol. The molecule has 2 aromatic rings. The zero-order valence-corrected chi connectivity index (χ0v) is 30.9. The van der Waals surface area contributed by atoms with Gasteiger partial charge in [0.15, 0.2) is 0 Å². The van der Waals surface area contributed by atoms with Gasteiger partial charge in [-0.2, -0.15) is 0 Å². The van der Waals surface area contributed by atoms with Crippen molar-refractivity contribution < 1.29 is 24.3 Å². The Morgan fingerprint density at radius 2 is 1.56 bits per heavy atom. The molecule has 3 N–H and O–H groups in total. The Morgan fingerprint density at radius 3 is 2.20 bits per heavy atom. The Bertz CT molecular complexity index is 1550. The molecule has 3 fully saturated rings. The molecule has 0 aromatic heterocycles. The molecule has 2 atom stereocenters. The van der Waals surface area contributed by atoms with Crippen LogP contribution >= 0.6 is 15.9 Å². The molecule has 11 nitrogen and oxygen atoms in total. The van der Waals surface area contributed by atoms with E-state index in [0.29, 0.717) is 70.2 Å². The number of piperidine rings is 3. The Hall–Kier alpha value is -3.64. The lowest BCUT2D eigenvalue weighted by Crippen LogP contribution is -2.57. The number of fused-ring (bicyclic) bond motifs is 1. The van der Waals surface area contributed by atoms with Gasteiger partial charge < -0.3 is 30.4 Å². The number of carboxylic acid groups (broad SMARTS) is 1. The normalized spacial score (nSPS) is 20.9. The van der Waals surface area contributed by atoms with E-state index in [2.05, 4.69) is 37.5 Å². The number of carbonyl (C=O) groups excluding carboxylic acids is 3. The minimum absolute atomic E-state index is 0.0364. The van der Waals surface area contributed by atoms with Crippen LogP contribution in [0.25, 0.3) is 0 Å². The third-order valence-corrected chi connectivity index (χ3v) is 12.4. The van der Waals surface area contributed by atoms with Crippen molar-refractivity contribution in [3.63, 3.8) is 0 Å². The van der Waals surface area contributed by atoms with E-state index in [1.165, 1.54) is 0 Å². The number of aliphatic carboxylic acids is 1. The van der Waals surface area contributed by atoms with Crippen LogP contribution in [0, 0.1) is 18.8 Å². The maximum absolute atomic E-state index is 14.1. The van der Waals surface area contributed by atoms with Gasteiger partial charge in [0, 0.05) is 55.3 Å². The Morgan fingerprint density at radius 1 is 0.920 bits per heavy atom. The first kappa shape index (κ1) is 36.2. The summed E-state index contributed by atoms with van der Waals surface area (Å²) in [6.07, 6.45) is 6.21. The van der Waals surface area contributed by atoms with Gasteiger partial charge in [-0.3, -0.25) is 14.5 Å². The number of carboxylic acids is 1. The number of aryl methyl sites for hydroxylation is 1. The molecule has 3 saturated heterocycles. The number of benzene rings is 2. The third kappa shape index (κ3) is 8.28. The van der Waals surface area contributed by atoms with Crippen molar-refractivity contribution in [2.45, 2.75) is 89.9 Å². The van der Waals surface area contributed by atoms with E-state index in [-0.39, 0.29) is 24.0 Å². The van der Waals surface area contributed by atoms with Crippen molar-refractivity contribution in [2.75, 3.05) is 44.6 Å². The number of nitrogens with zero attached hydrogens (tertiary/aromatic N) is 4. The fourth-order valence-electron chi connectivity index (χ4n) is 8.51. The minimum Gasteiger partial charge on any atom is -0.480 e. The molecule has 0 saturated carbocycles. The second kappa shape index (κ2) is 16.1. The molecule has 2 aromatic carbocycles. The topological polar surface area (TPSA) is 126 Å². The van der Waals surface area contributed by atoms with Gasteiger partial charge in [-0.15, -0.1) is 0 Å². The van der Waals surface area contributed by atoms with Crippen molar-refractivity contribution in [2.24, 2.45) is 11.8 Å². The van der Waals surface area contributed by atoms with Gasteiger partial charge in [0.05, 0.1) is 0 Å². The molecule has 2 unspecified atom stereocenters. The lowest BCUT2D eigenvalue weighted by atomic mass is 9.78. The Kier molecular flexibility index (Phi) is 11.7. The summed E-state index contributed by atoms with van der Waals surface area (Å²) in [5.41, 5.74) is 4.02. The molecule has 0 bridgehead atoms. The van der Waals surface area contributed by atoms with Crippen molar-refractivity contribution in [3.8, 4) is 0 Å². The molecular formula is C38H51BrN6O5. The number of carbonyl (C=O) groups is 4. The highest BCUT2D eigenvalue weighted by atomic mass is 79.9. The zero-order valence-electron chi connectivity index (χ0n) is 29.3. The molecule has 0 aliphatic carbocycles. The van der Waals surface area contributed by atoms with Crippen LogP contribution in [0.5, 0.6) is 0 Å². The van der Waals surface area contributed by atoms with Gasteiger partial charge in [-0.25, -0.2) is 9.59 Å². The fraction of sp³-hybridized carbons (Fsp3) is 0.579. The molecule has 50 heavy (non-hydrogen) atoms. The molecule has 5 amide bonds. The van der Waals surface area contributed by atoms with Crippen molar-refractivity contribution in [3.05, 3.63) is 63.6 Å². The van der Waals surface area contributed by atoms with Crippen LogP contribution < -0.4 is 10.6 Å². The maximum atomic E-state index is 14.1. The molecule has 0 spiro atoms. The highest BCUT2D eigenvalue weighted by Crippen LogP contribution is 2.34. The van der Waals surface area contributed by atoms with Crippen LogP contribution in [0.2, 0.25) is 0 Å². The van der Waals surface area contributed by atoms with Crippen LogP contribution in [-0.4, -0.2) is 106 Å². The first-order valence-corrected chi connectivity index (χ1v) is 19.1. The largest absolute Gasteiger partial charge is 0.480 e. The Balaban J connectivity index is 1.05. The number of hydrogen-bond donors (Lipinski definition) is 3. The highest BCUT2D eigenvalue weighted by Gasteiger charge is 2.37. The van der Waals surface area contributed by atoms with Gasteiger partial charge in [0.2, 0.25) is 5.91 Å². The number of hydrogen-bond acceptors (Lipinski definition) is 5. The summed E-state index contributed by atoms with van der Waals surface area (Å²) in [5, 5.41) is 15.7. The molecular weight excluding hydrogens is 700 g/mol. The second-order valence-electron chi connectivity index (χ2n) is 14.5. The summed E-state index contributed by atoms with van der Waals surface area (Å²) in [7, 11) is 0. The maximum Gasteiger partial charge on any atom is 0.322 e. The number of nitrogens with one attached hydrogen (secondary N) is 2. The number of urea groups is 2. The number of rotatable bonds is 9. The van der Waals surface area contributed by atoms with Crippen LogP contribution in [0.4, 0.5) is 15.3 Å². The van der Waals surface area contributed by atoms with Crippen molar-refractivity contribution >= 4 is 45.6 Å². The summed E-state index contributed by atoms with van der Waals surface area (Å²) in [5.74, 6) is 0.285. The summed E-state index contributed by atoms with van der Waals surface area (Å²) >= 11 is 3.57. The SMILES string of the molecule is CCC(C(=O)O)N1CCC(C2CCN(C(=O)C(Cc3ccc(Br)c(C)c3)NC(=O)N3CCC(N4Cc5ccccc5NC4=O)CC3)CC2)CC1. The van der Waals surface area contributed by atoms with Gasteiger partial charge >= 0.3 is 18.0 Å². The van der Waals surface area contributed by atoms with Crippen LogP contribution in [0.15, 0.2) is 46.9 Å². The third-order valence-electron chi connectivity index (χ3n) is 11.5. The van der Waals surface area contributed by atoms with Gasteiger partial charge in [0.25, 0.3) is 0 Å². The van der Waals surface area contributed by atoms with E-state index >= 15 is 0 Å². The average Bonchev–Trinajstić information content (AvgIpc) is 3.13. The lowest BCUT2D eigenvalue weighted by molar-refractivity contribution is -0.144. The Labute approximate surface area is 303 Å². The minimum atomic E-state index is -0.736. The van der Waals surface area contributed by atoms with Crippen molar-refractivity contribution in [1.29, 1.82) is 0 Å². The fourth-order valence-corrected chi connectivity index (χ4v) is 8.76. The van der Waals surface area contributed by atoms with E-state index in [0.717, 1.165) is 65.6 Å². The van der Waals surface area contributed by atoms with Crippen LogP contribution in [-0.2, 0) is 22.6 Å². The summed E-state index contributed by atoms with van der Waals surface area (Å²) in [4.78, 5) is 60.1. The molecule has 4 aliphatic heterocycles. The van der Waals surface area contributed by atoms with Gasteiger partial charge in [0.1, 0.15) is 12.1 Å². The molecule has 0 radical (unpaired) electrons. The highest BCUT2D eigenvalue weighted by molar-refractivity contribution is 9.10. The number of para-hydroxylation sites is 1. The van der Waals surface area contributed by atoms with Crippen molar-refractivity contribution in [1.82, 2.24) is 24.9 Å². The molecule has 12 heteroatoms. The molecule has 6 rings (SSSR count). The average molecular weight is 752 g/mol. The first-order valence-electron chi connectivity index (χ1n) is 18.3. The standard InChI is InChI=1S/C38H51BrN6O5/c1-3-34(36(47)48)42-16-10-27(11-17-42)28-12-18-43(19-13-28)35(46)33(23-26-8-9-31(39)25(2)22-26)41-37(49)44-20-14-30(15-21-44)45-24-29-6-4-5-7-32(29)40-38(45)50/h4-9,22,27-28,30,33-34H,3,10-21,23-24H2,1-2H3,(H,40,50)(H,41,49)(H,47,48). The quantitative estimate of drug-likeness (QED) is 0.302. The van der Waals surface area contributed by atoms with E-state index in [1.807, 2.05) is 60.0 Å². The van der Waals surface area contributed by atoms with E-state index in [1.54, 1.807) is 4.90 Å². The predicted octanol–water partition coefficient (Wildman–Crippen LogP) is 5.70. The number of amides is 5. The number of likely N-dealkylation sites (tertiary alicyclic amines) is 3. The van der Waals surface area contributed by atoms with Gasteiger partial charge in [-0.1, -0.05) is 53.2 Å². The van der Waals surface area contributed by atoms with E-state index in [4.69, 9.17) is 0 Å². The summed E-state index contributed by atoms with van der Waals surface area (Å²) in [6, 6.07) is 12.5. The second-order valence-corrected chi connectivity index (χ2v) is 15.4. The van der Waals surface area contributed by atoms with E-state index < -0.39 is 18.1 Å². The molecule has 4 aliphatic rings. The first-order chi connectivity index (χ1) is 24.1. The van der Waals surface area contributed by atoms with Crippen LogP contribution in [0.1, 0.15) is 68.6 Å². The van der Waals surface area contributed by atoms with Gasteiger partial charge in [-0.05, 0) is 106 Å². The molecule has 4 heterocycles. The monoisotopic (exact) mass is 750 g/mol. The summed E-state index contributed by atoms with van der Waals surface area (Å²) < 4.78 is 1.00. The van der Waals surface area contributed by atoms with E-state index in [9.17, 15) is 24.3 Å². The summed E-state index contributed by atoms with van der Waals surface area (Å²) in [6.45, 7) is 8.48. The number of anilines is 1. The smallest absolute Gasteiger partial charge is 0.322 e. The molecule has 270 valence electrons.